The molecule has 0 saturated heterocycles. The zero-order chi connectivity index (χ0) is 15.4. The van der Waals surface area contributed by atoms with E-state index in [4.69, 9.17) is 4.42 Å². The molecule has 0 unspecified atom stereocenters. The van der Waals surface area contributed by atoms with Gasteiger partial charge in [-0.05, 0) is 34.1 Å². The van der Waals surface area contributed by atoms with Crippen molar-refractivity contribution >= 4 is 21.9 Å². The third kappa shape index (κ3) is 2.25. The molecular formula is C20H24O. The standard InChI is InChI=1S/C20H24O/c1-19(2,3)13-9-7-11-15-17(13)18-14(20(4,5)6)10-8-12-16(18)21-15/h7-12H,1-6H3. The normalized spacial score (nSPS) is 13.2. The van der Waals surface area contributed by atoms with Crippen LogP contribution < -0.4 is 0 Å². The zero-order valence-electron chi connectivity index (χ0n) is 13.9. The van der Waals surface area contributed by atoms with Crippen LogP contribution in [0, 0.1) is 0 Å². The predicted molar refractivity (Wildman–Crippen MR) is 91.1 cm³/mol. The molecule has 21 heavy (non-hydrogen) atoms. The van der Waals surface area contributed by atoms with Crippen molar-refractivity contribution in [2.45, 2.75) is 52.4 Å². The minimum absolute atomic E-state index is 0.0985. The third-order valence-electron chi connectivity index (χ3n) is 4.14. The number of hydrogen-bond acceptors (Lipinski definition) is 1. The van der Waals surface area contributed by atoms with Crippen molar-refractivity contribution in [3.05, 3.63) is 47.5 Å². The summed E-state index contributed by atoms with van der Waals surface area (Å²) in [5, 5.41) is 2.57. The Hall–Kier alpha value is -1.76. The van der Waals surface area contributed by atoms with E-state index in [2.05, 4.69) is 77.9 Å². The molecule has 1 heterocycles. The molecule has 0 aliphatic carbocycles. The summed E-state index contributed by atoms with van der Waals surface area (Å²) >= 11 is 0. The van der Waals surface area contributed by atoms with Crippen LogP contribution in [0.15, 0.2) is 40.8 Å². The second-order valence-electron chi connectivity index (χ2n) is 7.96. The molecule has 0 aliphatic rings. The van der Waals surface area contributed by atoms with Crippen LogP contribution in [0.2, 0.25) is 0 Å². The van der Waals surface area contributed by atoms with Crippen LogP contribution in [-0.4, -0.2) is 0 Å². The molecule has 3 rings (SSSR count). The lowest BCUT2D eigenvalue weighted by molar-refractivity contribution is 0.592. The fourth-order valence-electron chi connectivity index (χ4n) is 3.12. The Morgan fingerprint density at radius 1 is 0.619 bits per heavy atom. The highest BCUT2D eigenvalue weighted by Crippen LogP contribution is 2.41. The van der Waals surface area contributed by atoms with Gasteiger partial charge in [0.15, 0.2) is 0 Å². The molecule has 1 aromatic heterocycles. The SMILES string of the molecule is CC(C)(C)c1cccc2oc3cccc(C(C)(C)C)c3c12. The summed E-state index contributed by atoms with van der Waals surface area (Å²) in [6.45, 7) is 13.6. The Labute approximate surface area is 127 Å². The van der Waals surface area contributed by atoms with Crippen molar-refractivity contribution in [1.29, 1.82) is 0 Å². The smallest absolute Gasteiger partial charge is 0.135 e. The van der Waals surface area contributed by atoms with E-state index in [1.807, 2.05) is 0 Å². The fraction of sp³-hybridized carbons (Fsp3) is 0.400. The van der Waals surface area contributed by atoms with Gasteiger partial charge in [0.1, 0.15) is 11.2 Å². The van der Waals surface area contributed by atoms with E-state index in [0.29, 0.717) is 0 Å². The van der Waals surface area contributed by atoms with Crippen molar-refractivity contribution in [2.24, 2.45) is 0 Å². The first kappa shape index (κ1) is 14.2. The van der Waals surface area contributed by atoms with Gasteiger partial charge < -0.3 is 4.42 Å². The summed E-state index contributed by atoms with van der Waals surface area (Å²) < 4.78 is 6.12. The number of furan rings is 1. The van der Waals surface area contributed by atoms with Gasteiger partial charge in [-0.2, -0.15) is 0 Å². The summed E-state index contributed by atoms with van der Waals surface area (Å²) in [6.07, 6.45) is 0. The molecule has 0 atom stereocenters. The van der Waals surface area contributed by atoms with Crippen molar-refractivity contribution in [3.8, 4) is 0 Å². The quantitative estimate of drug-likeness (QED) is 0.479. The van der Waals surface area contributed by atoms with Gasteiger partial charge in [-0.3, -0.25) is 0 Å². The average Bonchev–Trinajstić information content (AvgIpc) is 2.74. The Kier molecular flexibility index (Phi) is 2.95. The van der Waals surface area contributed by atoms with Gasteiger partial charge in [0.05, 0.1) is 0 Å². The first-order chi connectivity index (χ1) is 9.69. The summed E-state index contributed by atoms with van der Waals surface area (Å²) in [4.78, 5) is 0. The lowest BCUT2D eigenvalue weighted by Crippen LogP contribution is -2.13. The summed E-state index contributed by atoms with van der Waals surface area (Å²) in [7, 11) is 0. The maximum absolute atomic E-state index is 6.12. The third-order valence-corrected chi connectivity index (χ3v) is 4.14. The molecule has 110 valence electrons. The molecule has 0 aliphatic heterocycles. The number of benzene rings is 2. The maximum atomic E-state index is 6.12. The molecular weight excluding hydrogens is 256 g/mol. The second-order valence-corrected chi connectivity index (χ2v) is 7.96. The van der Waals surface area contributed by atoms with E-state index in [0.717, 1.165) is 11.2 Å². The highest BCUT2D eigenvalue weighted by atomic mass is 16.3. The van der Waals surface area contributed by atoms with Gasteiger partial charge in [-0.25, -0.2) is 0 Å². The molecule has 0 N–H and O–H groups in total. The second kappa shape index (κ2) is 4.37. The van der Waals surface area contributed by atoms with Gasteiger partial charge in [0.25, 0.3) is 0 Å². The number of hydrogen-bond donors (Lipinski definition) is 0. The lowest BCUT2D eigenvalue weighted by atomic mass is 9.80. The van der Waals surface area contributed by atoms with Crippen molar-refractivity contribution < 1.29 is 4.42 Å². The maximum Gasteiger partial charge on any atom is 0.135 e. The molecule has 3 aromatic rings. The van der Waals surface area contributed by atoms with Crippen LogP contribution in [0.4, 0.5) is 0 Å². The first-order valence-electron chi connectivity index (χ1n) is 7.65. The van der Waals surface area contributed by atoms with Crippen LogP contribution in [0.25, 0.3) is 21.9 Å². The fourth-order valence-corrected chi connectivity index (χ4v) is 3.12. The highest BCUT2D eigenvalue weighted by Gasteiger charge is 2.25. The minimum Gasteiger partial charge on any atom is -0.456 e. The molecule has 0 bridgehead atoms. The molecule has 0 radical (unpaired) electrons. The van der Waals surface area contributed by atoms with Crippen molar-refractivity contribution in [1.82, 2.24) is 0 Å². The molecule has 1 nitrogen and oxygen atoms in total. The highest BCUT2D eigenvalue weighted by molar-refractivity contribution is 6.09. The zero-order valence-corrected chi connectivity index (χ0v) is 13.9. The van der Waals surface area contributed by atoms with Gasteiger partial charge in [-0.1, -0.05) is 65.8 Å². The monoisotopic (exact) mass is 280 g/mol. The van der Waals surface area contributed by atoms with Gasteiger partial charge in [0, 0.05) is 10.8 Å². The summed E-state index contributed by atoms with van der Waals surface area (Å²) in [5.74, 6) is 0. The van der Waals surface area contributed by atoms with Crippen molar-refractivity contribution in [2.75, 3.05) is 0 Å². The number of fused-ring (bicyclic) bond motifs is 3. The Balaban J connectivity index is 2.55. The predicted octanol–water partition coefficient (Wildman–Crippen LogP) is 6.18. The van der Waals surface area contributed by atoms with Crippen LogP contribution in [0.1, 0.15) is 52.7 Å². The van der Waals surface area contributed by atoms with E-state index in [1.165, 1.54) is 21.9 Å². The summed E-state index contributed by atoms with van der Waals surface area (Å²) in [5.41, 5.74) is 4.90. The average molecular weight is 280 g/mol. The van der Waals surface area contributed by atoms with Crippen LogP contribution in [0.5, 0.6) is 0 Å². The first-order valence-corrected chi connectivity index (χ1v) is 7.65. The van der Waals surface area contributed by atoms with Crippen molar-refractivity contribution in [3.63, 3.8) is 0 Å². The molecule has 0 spiro atoms. The van der Waals surface area contributed by atoms with E-state index in [-0.39, 0.29) is 10.8 Å². The van der Waals surface area contributed by atoms with E-state index in [9.17, 15) is 0 Å². The Morgan fingerprint density at radius 3 is 1.33 bits per heavy atom. The molecule has 1 heteroatoms. The summed E-state index contributed by atoms with van der Waals surface area (Å²) in [6, 6.07) is 12.8. The number of rotatable bonds is 0. The Morgan fingerprint density at radius 2 is 1.00 bits per heavy atom. The van der Waals surface area contributed by atoms with Crippen LogP contribution in [0.3, 0.4) is 0 Å². The van der Waals surface area contributed by atoms with E-state index < -0.39 is 0 Å². The minimum atomic E-state index is 0.0985. The Bertz CT molecular complexity index is 739. The lowest BCUT2D eigenvalue weighted by Gasteiger charge is -2.23. The molecule has 0 saturated carbocycles. The van der Waals surface area contributed by atoms with E-state index in [1.54, 1.807) is 0 Å². The topological polar surface area (TPSA) is 13.1 Å². The van der Waals surface area contributed by atoms with Crippen LogP contribution >= 0.6 is 0 Å². The van der Waals surface area contributed by atoms with Gasteiger partial charge in [0.2, 0.25) is 0 Å². The largest absolute Gasteiger partial charge is 0.456 e. The molecule has 0 amide bonds. The van der Waals surface area contributed by atoms with Gasteiger partial charge >= 0.3 is 0 Å². The van der Waals surface area contributed by atoms with E-state index >= 15 is 0 Å². The van der Waals surface area contributed by atoms with Crippen LogP contribution in [-0.2, 0) is 10.8 Å². The molecule has 2 aromatic carbocycles. The van der Waals surface area contributed by atoms with Gasteiger partial charge in [-0.15, -0.1) is 0 Å². The molecule has 0 fully saturated rings.